The molecule has 6 nitrogen and oxygen atoms in total. The summed E-state index contributed by atoms with van der Waals surface area (Å²) in [6, 6.07) is 11.5. The van der Waals surface area contributed by atoms with Crippen molar-refractivity contribution in [2.45, 2.75) is 13.5 Å². The van der Waals surface area contributed by atoms with E-state index in [1.807, 2.05) is 19.1 Å². The van der Waals surface area contributed by atoms with Crippen LogP contribution < -0.4 is 15.2 Å². The molecule has 0 aliphatic carbocycles. The number of non-ortho nitro benzene ring substituents is 1. The van der Waals surface area contributed by atoms with E-state index in [1.165, 1.54) is 18.2 Å². The molecule has 2 aromatic carbocycles. The Bertz CT molecular complexity index is 643. The molecule has 0 saturated carbocycles. The lowest BCUT2D eigenvalue weighted by atomic mass is 10.1. The highest BCUT2D eigenvalue weighted by Crippen LogP contribution is 2.23. The number of nitro benzene ring substituents is 1. The monoisotopic (exact) mass is 288 g/mol. The van der Waals surface area contributed by atoms with Crippen LogP contribution >= 0.6 is 0 Å². The zero-order valence-electron chi connectivity index (χ0n) is 11.6. The van der Waals surface area contributed by atoms with Crippen molar-refractivity contribution in [1.29, 1.82) is 0 Å². The fourth-order valence-corrected chi connectivity index (χ4v) is 1.81. The number of nitrogens with zero attached hydrogens (tertiary/aromatic N) is 1. The first-order chi connectivity index (χ1) is 10.1. The second-order valence-corrected chi connectivity index (χ2v) is 4.34. The SMILES string of the molecule is CCOc1cccc(OCc2cc([N+](=O)[O-])ccc2N)c1. The number of ether oxygens (including phenoxy) is 2. The molecular formula is C15H16N2O4. The first kappa shape index (κ1) is 14.6. The summed E-state index contributed by atoms with van der Waals surface area (Å²) in [7, 11) is 0. The van der Waals surface area contributed by atoms with E-state index >= 15 is 0 Å². The van der Waals surface area contributed by atoms with Crippen LogP contribution in [0.3, 0.4) is 0 Å². The quantitative estimate of drug-likeness (QED) is 0.501. The largest absolute Gasteiger partial charge is 0.494 e. The van der Waals surface area contributed by atoms with Gasteiger partial charge in [0, 0.05) is 29.4 Å². The minimum Gasteiger partial charge on any atom is -0.494 e. The van der Waals surface area contributed by atoms with Gasteiger partial charge in [0.05, 0.1) is 11.5 Å². The van der Waals surface area contributed by atoms with Gasteiger partial charge in [-0.2, -0.15) is 0 Å². The summed E-state index contributed by atoms with van der Waals surface area (Å²) in [5.74, 6) is 1.33. The molecule has 0 saturated heterocycles. The third kappa shape index (κ3) is 3.85. The number of hydrogen-bond donors (Lipinski definition) is 1. The van der Waals surface area contributed by atoms with Crippen LogP contribution in [-0.2, 0) is 6.61 Å². The minimum atomic E-state index is -0.460. The highest BCUT2D eigenvalue weighted by atomic mass is 16.6. The van der Waals surface area contributed by atoms with Gasteiger partial charge in [-0.25, -0.2) is 0 Å². The molecule has 0 atom stereocenters. The zero-order chi connectivity index (χ0) is 15.2. The highest BCUT2D eigenvalue weighted by Gasteiger charge is 2.09. The van der Waals surface area contributed by atoms with Gasteiger partial charge >= 0.3 is 0 Å². The predicted octanol–water partition coefficient (Wildman–Crippen LogP) is 3.15. The van der Waals surface area contributed by atoms with Gasteiger partial charge in [0.2, 0.25) is 0 Å². The molecule has 0 radical (unpaired) electrons. The van der Waals surface area contributed by atoms with E-state index in [4.69, 9.17) is 15.2 Å². The summed E-state index contributed by atoms with van der Waals surface area (Å²) >= 11 is 0. The number of hydrogen-bond acceptors (Lipinski definition) is 5. The van der Waals surface area contributed by atoms with E-state index in [1.54, 1.807) is 12.1 Å². The van der Waals surface area contributed by atoms with E-state index in [9.17, 15) is 10.1 Å². The third-order valence-electron chi connectivity index (χ3n) is 2.85. The van der Waals surface area contributed by atoms with Gasteiger partial charge in [-0.15, -0.1) is 0 Å². The lowest BCUT2D eigenvalue weighted by Gasteiger charge is -2.10. The molecule has 6 heteroatoms. The van der Waals surface area contributed by atoms with Crippen molar-refractivity contribution in [1.82, 2.24) is 0 Å². The molecule has 110 valence electrons. The number of nitrogen functional groups attached to an aromatic ring is 1. The van der Waals surface area contributed by atoms with Crippen molar-refractivity contribution < 1.29 is 14.4 Å². The Morgan fingerprint density at radius 3 is 2.52 bits per heavy atom. The lowest BCUT2D eigenvalue weighted by Crippen LogP contribution is -2.02. The number of anilines is 1. The standard InChI is InChI=1S/C15H16N2O4/c1-2-20-13-4-3-5-14(9-13)21-10-11-8-12(17(18)19)6-7-15(11)16/h3-9H,2,10,16H2,1H3. The van der Waals surface area contributed by atoms with Crippen LogP contribution in [0.4, 0.5) is 11.4 Å². The smallest absolute Gasteiger partial charge is 0.269 e. The molecule has 0 spiro atoms. The van der Waals surface area contributed by atoms with Crippen LogP contribution in [0.15, 0.2) is 42.5 Å². The number of benzene rings is 2. The summed E-state index contributed by atoms with van der Waals surface area (Å²) in [5, 5.41) is 10.8. The van der Waals surface area contributed by atoms with Crippen LogP contribution in [0.25, 0.3) is 0 Å². The summed E-state index contributed by atoms with van der Waals surface area (Å²) in [4.78, 5) is 10.3. The molecule has 0 unspecified atom stereocenters. The molecule has 0 heterocycles. The van der Waals surface area contributed by atoms with Crippen molar-refractivity contribution in [3.63, 3.8) is 0 Å². The summed E-state index contributed by atoms with van der Waals surface area (Å²) < 4.78 is 11.0. The average molecular weight is 288 g/mol. The Balaban J connectivity index is 2.10. The zero-order valence-corrected chi connectivity index (χ0v) is 11.6. The maximum Gasteiger partial charge on any atom is 0.269 e. The average Bonchev–Trinajstić information content (AvgIpc) is 2.47. The van der Waals surface area contributed by atoms with E-state index in [-0.39, 0.29) is 12.3 Å². The van der Waals surface area contributed by atoms with Crippen LogP contribution in [0.2, 0.25) is 0 Å². The van der Waals surface area contributed by atoms with Gasteiger partial charge in [0.1, 0.15) is 18.1 Å². The number of rotatable bonds is 6. The van der Waals surface area contributed by atoms with Crippen molar-refractivity contribution in [2.75, 3.05) is 12.3 Å². The lowest BCUT2D eigenvalue weighted by molar-refractivity contribution is -0.384. The van der Waals surface area contributed by atoms with E-state index in [0.717, 1.165) is 0 Å². The van der Waals surface area contributed by atoms with Crippen LogP contribution in [0.1, 0.15) is 12.5 Å². The van der Waals surface area contributed by atoms with Gasteiger partial charge in [-0.05, 0) is 25.1 Å². The normalized spacial score (nSPS) is 10.1. The third-order valence-corrected chi connectivity index (χ3v) is 2.85. The predicted molar refractivity (Wildman–Crippen MR) is 79.5 cm³/mol. The van der Waals surface area contributed by atoms with Gasteiger partial charge < -0.3 is 15.2 Å². The molecule has 2 rings (SSSR count). The molecule has 0 amide bonds. The molecule has 0 fully saturated rings. The molecule has 2 aromatic rings. The van der Waals surface area contributed by atoms with Crippen molar-refractivity contribution in [2.24, 2.45) is 0 Å². The molecule has 0 aliphatic heterocycles. The summed E-state index contributed by atoms with van der Waals surface area (Å²) in [6.07, 6.45) is 0. The number of nitro groups is 1. The first-order valence-corrected chi connectivity index (χ1v) is 6.48. The first-order valence-electron chi connectivity index (χ1n) is 6.48. The van der Waals surface area contributed by atoms with E-state index in [0.29, 0.717) is 29.4 Å². The van der Waals surface area contributed by atoms with Crippen LogP contribution in [0, 0.1) is 10.1 Å². The molecule has 0 aromatic heterocycles. The second-order valence-electron chi connectivity index (χ2n) is 4.34. The topological polar surface area (TPSA) is 87.6 Å². The minimum absolute atomic E-state index is 0.00846. The Labute approximate surface area is 122 Å². The molecule has 0 bridgehead atoms. The van der Waals surface area contributed by atoms with E-state index < -0.39 is 4.92 Å². The molecule has 2 N–H and O–H groups in total. The second kappa shape index (κ2) is 6.60. The van der Waals surface area contributed by atoms with Crippen LogP contribution in [-0.4, -0.2) is 11.5 Å². The van der Waals surface area contributed by atoms with Gasteiger partial charge in [-0.3, -0.25) is 10.1 Å². The van der Waals surface area contributed by atoms with Crippen molar-refractivity contribution >= 4 is 11.4 Å². The Morgan fingerprint density at radius 2 is 1.86 bits per heavy atom. The molecule has 0 aliphatic rings. The molecular weight excluding hydrogens is 272 g/mol. The maximum absolute atomic E-state index is 10.8. The fraction of sp³-hybridized carbons (Fsp3) is 0.200. The Kier molecular flexibility index (Phi) is 4.61. The van der Waals surface area contributed by atoms with Crippen molar-refractivity contribution in [3.8, 4) is 11.5 Å². The van der Waals surface area contributed by atoms with Gasteiger partial charge in [0.25, 0.3) is 5.69 Å². The van der Waals surface area contributed by atoms with E-state index in [2.05, 4.69) is 0 Å². The van der Waals surface area contributed by atoms with Crippen molar-refractivity contribution in [3.05, 3.63) is 58.1 Å². The molecule has 21 heavy (non-hydrogen) atoms. The Morgan fingerprint density at radius 1 is 1.14 bits per heavy atom. The summed E-state index contributed by atoms with van der Waals surface area (Å²) in [6.45, 7) is 2.63. The van der Waals surface area contributed by atoms with Gasteiger partial charge in [-0.1, -0.05) is 6.07 Å². The van der Waals surface area contributed by atoms with Gasteiger partial charge in [0.15, 0.2) is 0 Å². The Hall–Kier alpha value is -2.76. The maximum atomic E-state index is 10.8. The summed E-state index contributed by atoms with van der Waals surface area (Å²) in [5.41, 5.74) is 6.83. The van der Waals surface area contributed by atoms with Crippen LogP contribution in [0.5, 0.6) is 11.5 Å². The highest BCUT2D eigenvalue weighted by molar-refractivity contribution is 5.52. The number of nitrogens with two attached hydrogens (primary N) is 1. The fourth-order valence-electron chi connectivity index (χ4n) is 1.81.